The number of rotatable bonds is 5. The highest BCUT2D eigenvalue weighted by Crippen LogP contribution is 2.75. The van der Waals surface area contributed by atoms with Crippen molar-refractivity contribution >= 4 is 28.2 Å². The normalized spacial score (nSPS) is 33.6. The standard InChI is InChI=1S/C24H27NO4S/c1-4-28-20(26)18-17(15-8-6-5-7-9-15)13-30-19(18)25-21(27)24-12-16-10-11-23(24,3)22(16,2)14-29-24/h5-9,13,16H,4,10-12,14H2,1-3H3,(H,25,27)/t16-,22-,23-,24+/m1/s1. The highest BCUT2D eigenvalue weighted by atomic mass is 32.1. The number of anilines is 1. The lowest BCUT2D eigenvalue weighted by atomic mass is 9.66. The molecule has 6 heteroatoms. The zero-order valence-corrected chi connectivity index (χ0v) is 18.4. The molecule has 0 unspecified atom stereocenters. The molecule has 5 nitrogen and oxygen atoms in total. The van der Waals surface area contributed by atoms with Crippen molar-refractivity contribution in [1.82, 2.24) is 0 Å². The molecule has 1 aromatic carbocycles. The minimum atomic E-state index is -0.812. The van der Waals surface area contributed by atoms with E-state index in [-0.39, 0.29) is 23.3 Å². The van der Waals surface area contributed by atoms with Gasteiger partial charge in [-0.1, -0.05) is 44.2 Å². The Morgan fingerprint density at radius 2 is 2.03 bits per heavy atom. The molecule has 2 aliphatic carbocycles. The van der Waals surface area contributed by atoms with Gasteiger partial charge in [0.2, 0.25) is 0 Å². The van der Waals surface area contributed by atoms with E-state index >= 15 is 0 Å². The highest BCUT2D eigenvalue weighted by molar-refractivity contribution is 7.15. The Labute approximate surface area is 180 Å². The fourth-order valence-electron chi connectivity index (χ4n) is 6.15. The summed E-state index contributed by atoms with van der Waals surface area (Å²) in [4.78, 5) is 26.5. The predicted molar refractivity (Wildman–Crippen MR) is 117 cm³/mol. The summed E-state index contributed by atoms with van der Waals surface area (Å²) in [7, 11) is 0. The molecule has 2 saturated carbocycles. The number of carbonyl (C=O) groups is 2. The van der Waals surface area contributed by atoms with Crippen molar-refractivity contribution in [3.05, 3.63) is 41.3 Å². The maximum Gasteiger partial charge on any atom is 0.341 e. The molecule has 2 heterocycles. The van der Waals surface area contributed by atoms with Crippen LogP contribution in [0.5, 0.6) is 0 Å². The molecule has 4 atom stereocenters. The van der Waals surface area contributed by atoms with Crippen LogP contribution in [0.4, 0.5) is 5.00 Å². The molecule has 1 N–H and O–H groups in total. The molecule has 30 heavy (non-hydrogen) atoms. The Bertz CT molecular complexity index is 1020. The van der Waals surface area contributed by atoms with Crippen LogP contribution in [0.3, 0.4) is 0 Å². The van der Waals surface area contributed by atoms with Crippen LogP contribution in [0.1, 0.15) is 50.4 Å². The fraction of sp³-hybridized carbons (Fsp3) is 0.500. The van der Waals surface area contributed by atoms with Crippen molar-refractivity contribution in [2.24, 2.45) is 16.7 Å². The minimum Gasteiger partial charge on any atom is -0.462 e. The number of nitrogens with one attached hydrogen (secondary N) is 1. The van der Waals surface area contributed by atoms with Crippen LogP contribution in [0.25, 0.3) is 11.1 Å². The van der Waals surface area contributed by atoms with Crippen molar-refractivity contribution in [2.75, 3.05) is 18.5 Å². The van der Waals surface area contributed by atoms with Crippen molar-refractivity contribution in [2.45, 2.75) is 45.6 Å². The number of thiophene rings is 1. The van der Waals surface area contributed by atoms with Gasteiger partial charge in [0.25, 0.3) is 5.91 Å². The minimum absolute atomic E-state index is 0.0545. The number of hydrogen-bond acceptors (Lipinski definition) is 5. The molecule has 3 fully saturated rings. The first-order valence-electron chi connectivity index (χ1n) is 10.7. The van der Waals surface area contributed by atoms with Crippen LogP contribution in [-0.4, -0.2) is 30.7 Å². The van der Waals surface area contributed by atoms with Gasteiger partial charge in [0.05, 0.1) is 13.2 Å². The summed E-state index contributed by atoms with van der Waals surface area (Å²) in [5, 5.41) is 5.53. The number of carbonyl (C=O) groups excluding carboxylic acids is 2. The second-order valence-corrected chi connectivity index (χ2v) is 10.1. The molecule has 1 saturated heterocycles. The van der Waals surface area contributed by atoms with Gasteiger partial charge in [-0.05, 0) is 37.7 Å². The van der Waals surface area contributed by atoms with Crippen molar-refractivity contribution in [3.8, 4) is 11.1 Å². The van der Waals surface area contributed by atoms with Crippen LogP contribution in [0.2, 0.25) is 0 Å². The van der Waals surface area contributed by atoms with Gasteiger partial charge in [-0.15, -0.1) is 11.3 Å². The third-order valence-electron chi connectivity index (χ3n) is 8.15. The van der Waals surface area contributed by atoms with E-state index in [9.17, 15) is 9.59 Å². The monoisotopic (exact) mass is 425 g/mol. The molecule has 1 aliphatic heterocycles. The van der Waals surface area contributed by atoms with Gasteiger partial charge in [-0.2, -0.15) is 0 Å². The van der Waals surface area contributed by atoms with E-state index in [0.29, 0.717) is 23.1 Å². The van der Waals surface area contributed by atoms with Gasteiger partial charge in [-0.25, -0.2) is 4.79 Å². The van der Waals surface area contributed by atoms with Crippen LogP contribution < -0.4 is 5.32 Å². The largest absolute Gasteiger partial charge is 0.462 e. The fourth-order valence-corrected chi connectivity index (χ4v) is 7.10. The zero-order valence-electron chi connectivity index (χ0n) is 17.6. The smallest absolute Gasteiger partial charge is 0.341 e. The number of hydrogen-bond donors (Lipinski definition) is 1. The van der Waals surface area contributed by atoms with Gasteiger partial charge in [0.1, 0.15) is 10.6 Å². The summed E-state index contributed by atoms with van der Waals surface area (Å²) in [5.74, 6) is -0.0144. The van der Waals surface area contributed by atoms with Crippen LogP contribution in [0.15, 0.2) is 35.7 Å². The average Bonchev–Trinajstić information content (AvgIpc) is 3.39. The second-order valence-electron chi connectivity index (χ2n) is 9.20. The molecule has 4 bridgehead atoms. The summed E-state index contributed by atoms with van der Waals surface area (Å²) < 4.78 is 11.6. The summed E-state index contributed by atoms with van der Waals surface area (Å²) in [6, 6.07) is 9.71. The molecule has 5 rings (SSSR count). The molecule has 1 aromatic heterocycles. The maximum absolute atomic E-state index is 13.6. The Kier molecular flexibility index (Phi) is 4.39. The number of ether oxygens (including phenoxy) is 2. The third kappa shape index (κ3) is 2.38. The van der Waals surface area contributed by atoms with Crippen LogP contribution >= 0.6 is 11.3 Å². The van der Waals surface area contributed by atoms with Crippen molar-refractivity contribution in [3.63, 3.8) is 0 Å². The number of esters is 1. The van der Waals surface area contributed by atoms with Crippen molar-refractivity contribution < 1.29 is 19.1 Å². The molecule has 1 amide bonds. The van der Waals surface area contributed by atoms with E-state index < -0.39 is 11.6 Å². The van der Waals surface area contributed by atoms with Gasteiger partial charge >= 0.3 is 5.97 Å². The molecule has 158 valence electrons. The maximum atomic E-state index is 13.6. The third-order valence-corrected chi connectivity index (χ3v) is 9.04. The molecular weight excluding hydrogens is 398 g/mol. The summed E-state index contributed by atoms with van der Waals surface area (Å²) >= 11 is 1.36. The van der Waals surface area contributed by atoms with E-state index in [1.165, 1.54) is 11.3 Å². The lowest BCUT2D eigenvalue weighted by Crippen LogP contribution is -2.52. The summed E-state index contributed by atoms with van der Waals surface area (Å²) in [6.45, 7) is 7.18. The van der Waals surface area contributed by atoms with Gasteiger partial charge in [0.15, 0.2) is 5.60 Å². The zero-order chi connectivity index (χ0) is 21.1. The average molecular weight is 426 g/mol. The molecule has 2 aromatic rings. The summed E-state index contributed by atoms with van der Waals surface area (Å²) in [5.41, 5.74) is 1.20. The van der Waals surface area contributed by atoms with Crippen molar-refractivity contribution in [1.29, 1.82) is 0 Å². The molecular formula is C24H27NO4S. The quantitative estimate of drug-likeness (QED) is 0.675. The van der Waals surface area contributed by atoms with Gasteiger partial charge < -0.3 is 14.8 Å². The Morgan fingerprint density at radius 1 is 1.27 bits per heavy atom. The Hall–Kier alpha value is -2.18. The highest BCUT2D eigenvalue weighted by Gasteiger charge is 2.78. The number of amides is 1. The van der Waals surface area contributed by atoms with E-state index in [2.05, 4.69) is 19.2 Å². The predicted octanol–water partition coefficient (Wildman–Crippen LogP) is 5.13. The van der Waals surface area contributed by atoms with E-state index in [0.717, 1.165) is 30.4 Å². The van der Waals surface area contributed by atoms with Gasteiger partial charge in [0, 0.05) is 21.8 Å². The van der Waals surface area contributed by atoms with Crippen LogP contribution in [-0.2, 0) is 14.3 Å². The lowest BCUT2D eigenvalue weighted by molar-refractivity contribution is -0.149. The topological polar surface area (TPSA) is 64.6 Å². The Morgan fingerprint density at radius 3 is 2.70 bits per heavy atom. The first-order valence-corrected chi connectivity index (χ1v) is 11.5. The van der Waals surface area contributed by atoms with Crippen LogP contribution in [0, 0.1) is 16.7 Å². The molecule has 0 spiro atoms. The van der Waals surface area contributed by atoms with Gasteiger partial charge in [-0.3, -0.25) is 4.79 Å². The number of benzene rings is 1. The van der Waals surface area contributed by atoms with E-state index in [1.54, 1.807) is 6.92 Å². The first kappa shape index (κ1) is 19.8. The molecule has 0 radical (unpaired) electrons. The lowest BCUT2D eigenvalue weighted by Gasteiger charge is -2.39. The second kappa shape index (κ2) is 6.66. The summed E-state index contributed by atoms with van der Waals surface area (Å²) in [6.07, 6.45) is 2.93. The SMILES string of the molecule is CCOC(=O)c1c(-c2ccccc2)csc1NC(=O)[C@@]12C[C@H]3CC[C@]1(C)[C@]3(C)CO2. The molecule has 3 aliphatic rings. The first-order chi connectivity index (χ1) is 14.4. The van der Waals surface area contributed by atoms with E-state index in [1.807, 2.05) is 35.7 Å². The van der Waals surface area contributed by atoms with E-state index in [4.69, 9.17) is 9.47 Å². The Balaban J connectivity index is 1.51.